The van der Waals surface area contributed by atoms with Gasteiger partial charge in [0.05, 0.1) is 12.8 Å². The first kappa shape index (κ1) is 15.0. The Morgan fingerprint density at radius 2 is 2.00 bits per heavy atom. The number of ether oxygens (including phenoxy) is 1. The van der Waals surface area contributed by atoms with Crippen molar-refractivity contribution in [1.29, 1.82) is 0 Å². The molecule has 0 aromatic heterocycles. The topological polar surface area (TPSA) is 58.6 Å². The van der Waals surface area contributed by atoms with Crippen molar-refractivity contribution in [3.63, 3.8) is 0 Å². The first-order chi connectivity index (χ1) is 9.10. The van der Waals surface area contributed by atoms with E-state index in [0.29, 0.717) is 30.9 Å². The molecule has 0 spiro atoms. The third-order valence-electron chi connectivity index (χ3n) is 2.73. The van der Waals surface area contributed by atoms with Crippen LogP contribution in [-0.4, -0.2) is 32.0 Å². The smallest absolute Gasteiger partial charge is 0.224 e. The monoisotopic (exact) mass is 264 g/mol. The zero-order valence-electron chi connectivity index (χ0n) is 11.6. The molecular weight excluding hydrogens is 244 g/mol. The predicted molar refractivity (Wildman–Crippen MR) is 74.3 cm³/mol. The average Bonchev–Trinajstić information content (AvgIpc) is 2.42. The van der Waals surface area contributed by atoms with Crippen molar-refractivity contribution in [2.75, 3.05) is 25.1 Å². The van der Waals surface area contributed by atoms with Gasteiger partial charge in [-0.2, -0.15) is 0 Å². The molecule has 5 nitrogen and oxygen atoms in total. The fourth-order valence-electron chi connectivity index (χ4n) is 1.73. The lowest BCUT2D eigenvalue weighted by Gasteiger charge is -2.23. The Morgan fingerprint density at radius 1 is 1.32 bits per heavy atom. The molecule has 1 aromatic rings. The lowest BCUT2D eigenvalue weighted by molar-refractivity contribution is -0.121. The maximum Gasteiger partial charge on any atom is 0.224 e. The quantitative estimate of drug-likeness (QED) is 0.848. The van der Waals surface area contributed by atoms with E-state index in [4.69, 9.17) is 4.74 Å². The Hall–Kier alpha value is -2.04. The van der Waals surface area contributed by atoms with E-state index >= 15 is 0 Å². The van der Waals surface area contributed by atoms with Gasteiger partial charge in [0, 0.05) is 26.4 Å². The Balaban J connectivity index is 2.77. The van der Waals surface area contributed by atoms with E-state index in [1.54, 1.807) is 25.0 Å². The van der Waals surface area contributed by atoms with Crippen LogP contribution in [0.3, 0.4) is 0 Å². The number of amides is 2. The number of anilines is 1. The second kappa shape index (κ2) is 7.41. The van der Waals surface area contributed by atoms with Crippen LogP contribution in [0.4, 0.5) is 5.69 Å². The molecule has 0 aliphatic carbocycles. The van der Waals surface area contributed by atoms with Crippen molar-refractivity contribution < 1.29 is 14.3 Å². The Bertz CT molecular complexity index is 446. The Morgan fingerprint density at radius 3 is 2.58 bits per heavy atom. The first-order valence-corrected chi connectivity index (χ1v) is 6.28. The van der Waals surface area contributed by atoms with E-state index < -0.39 is 0 Å². The molecule has 0 saturated carbocycles. The first-order valence-electron chi connectivity index (χ1n) is 6.28. The molecule has 2 amide bonds. The molecule has 0 aliphatic heterocycles. The third-order valence-corrected chi connectivity index (χ3v) is 2.73. The zero-order chi connectivity index (χ0) is 14.3. The summed E-state index contributed by atoms with van der Waals surface area (Å²) in [5.74, 6) is 0.526. The van der Waals surface area contributed by atoms with E-state index in [0.717, 1.165) is 0 Å². The van der Waals surface area contributed by atoms with Gasteiger partial charge in [0.2, 0.25) is 11.8 Å². The highest BCUT2D eigenvalue weighted by Gasteiger charge is 2.15. The van der Waals surface area contributed by atoms with Gasteiger partial charge >= 0.3 is 0 Å². The summed E-state index contributed by atoms with van der Waals surface area (Å²) in [5.41, 5.74) is 0.711. The van der Waals surface area contributed by atoms with Gasteiger partial charge in [-0.3, -0.25) is 9.59 Å². The number of hydrogen-bond acceptors (Lipinski definition) is 3. The number of nitrogens with one attached hydrogen (secondary N) is 1. The number of methoxy groups -OCH3 is 1. The van der Waals surface area contributed by atoms with Gasteiger partial charge in [-0.1, -0.05) is 19.1 Å². The summed E-state index contributed by atoms with van der Waals surface area (Å²) in [6, 6.07) is 7.32. The van der Waals surface area contributed by atoms with Crippen molar-refractivity contribution in [2.45, 2.75) is 20.3 Å². The summed E-state index contributed by atoms with van der Waals surface area (Å²) in [6.45, 7) is 4.12. The number of hydrogen-bond donors (Lipinski definition) is 1. The number of rotatable bonds is 6. The van der Waals surface area contributed by atoms with Gasteiger partial charge in [-0.25, -0.2) is 0 Å². The Labute approximate surface area is 113 Å². The van der Waals surface area contributed by atoms with Crippen molar-refractivity contribution >= 4 is 17.5 Å². The molecule has 0 bridgehead atoms. The predicted octanol–water partition coefficient (Wildman–Crippen LogP) is 1.57. The molecule has 0 atom stereocenters. The normalized spacial score (nSPS) is 9.84. The lowest BCUT2D eigenvalue weighted by Crippen LogP contribution is -2.37. The average molecular weight is 264 g/mol. The zero-order valence-corrected chi connectivity index (χ0v) is 11.6. The van der Waals surface area contributed by atoms with E-state index in [9.17, 15) is 9.59 Å². The second-order valence-electron chi connectivity index (χ2n) is 4.05. The lowest BCUT2D eigenvalue weighted by atomic mass is 10.2. The summed E-state index contributed by atoms with van der Waals surface area (Å²) >= 11 is 0. The molecule has 1 rings (SSSR count). The molecule has 0 saturated heterocycles. The van der Waals surface area contributed by atoms with Crippen LogP contribution >= 0.6 is 0 Å². The number of carbonyl (C=O) groups excluding carboxylic acids is 2. The van der Waals surface area contributed by atoms with Gasteiger partial charge in [-0.15, -0.1) is 0 Å². The standard InChI is InChI=1S/C14H20N2O3/c1-4-14(18)15-9-10-16(11(2)17)12-7-5-6-8-13(12)19-3/h5-8H,4,9-10H2,1-3H3,(H,15,18). The molecule has 0 heterocycles. The van der Waals surface area contributed by atoms with Gasteiger partial charge < -0.3 is 15.0 Å². The van der Waals surface area contributed by atoms with Crippen LogP contribution in [-0.2, 0) is 9.59 Å². The van der Waals surface area contributed by atoms with Crippen LogP contribution < -0.4 is 15.0 Å². The highest BCUT2D eigenvalue weighted by Crippen LogP contribution is 2.27. The minimum atomic E-state index is -0.0877. The van der Waals surface area contributed by atoms with Gasteiger partial charge in [0.1, 0.15) is 5.75 Å². The number of para-hydroxylation sites is 2. The van der Waals surface area contributed by atoms with Crippen LogP contribution in [0, 0.1) is 0 Å². The fourth-order valence-corrected chi connectivity index (χ4v) is 1.73. The van der Waals surface area contributed by atoms with Gasteiger partial charge in [-0.05, 0) is 12.1 Å². The van der Waals surface area contributed by atoms with Gasteiger partial charge in [0.25, 0.3) is 0 Å². The van der Waals surface area contributed by atoms with Crippen molar-refractivity contribution in [2.24, 2.45) is 0 Å². The van der Waals surface area contributed by atoms with E-state index in [-0.39, 0.29) is 11.8 Å². The van der Waals surface area contributed by atoms with Crippen molar-refractivity contribution in [3.8, 4) is 5.75 Å². The summed E-state index contributed by atoms with van der Waals surface area (Å²) < 4.78 is 5.24. The highest BCUT2D eigenvalue weighted by atomic mass is 16.5. The molecule has 0 unspecified atom stereocenters. The molecular formula is C14H20N2O3. The minimum absolute atomic E-state index is 0.0245. The number of benzene rings is 1. The number of nitrogens with zero attached hydrogens (tertiary/aromatic N) is 1. The molecule has 0 aliphatic rings. The molecule has 0 fully saturated rings. The van der Waals surface area contributed by atoms with Crippen LogP contribution in [0.5, 0.6) is 5.75 Å². The second-order valence-corrected chi connectivity index (χ2v) is 4.05. The molecule has 1 aromatic carbocycles. The molecule has 5 heteroatoms. The van der Waals surface area contributed by atoms with Crippen LogP contribution in [0.25, 0.3) is 0 Å². The highest BCUT2D eigenvalue weighted by molar-refractivity contribution is 5.93. The molecule has 0 radical (unpaired) electrons. The molecule has 104 valence electrons. The Kier molecular flexibility index (Phi) is 5.85. The maximum absolute atomic E-state index is 11.7. The minimum Gasteiger partial charge on any atom is -0.495 e. The van der Waals surface area contributed by atoms with E-state index in [2.05, 4.69) is 5.32 Å². The summed E-state index contributed by atoms with van der Waals surface area (Å²) in [5, 5.41) is 2.75. The fraction of sp³-hybridized carbons (Fsp3) is 0.429. The van der Waals surface area contributed by atoms with E-state index in [1.165, 1.54) is 6.92 Å². The third kappa shape index (κ3) is 4.28. The number of carbonyl (C=O) groups is 2. The molecule has 1 N–H and O–H groups in total. The maximum atomic E-state index is 11.7. The SMILES string of the molecule is CCC(=O)NCCN(C(C)=O)c1ccccc1OC. The summed E-state index contributed by atoms with van der Waals surface area (Å²) in [7, 11) is 1.57. The van der Waals surface area contributed by atoms with Gasteiger partial charge in [0.15, 0.2) is 0 Å². The van der Waals surface area contributed by atoms with Crippen molar-refractivity contribution in [1.82, 2.24) is 5.32 Å². The van der Waals surface area contributed by atoms with E-state index in [1.807, 2.05) is 18.2 Å². The van der Waals surface area contributed by atoms with Crippen LogP contribution in [0.15, 0.2) is 24.3 Å². The van der Waals surface area contributed by atoms with Crippen molar-refractivity contribution in [3.05, 3.63) is 24.3 Å². The summed E-state index contributed by atoms with van der Waals surface area (Å²) in [6.07, 6.45) is 0.439. The summed E-state index contributed by atoms with van der Waals surface area (Å²) in [4.78, 5) is 24.5. The van der Waals surface area contributed by atoms with Crippen LogP contribution in [0.2, 0.25) is 0 Å². The van der Waals surface area contributed by atoms with Crippen LogP contribution in [0.1, 0.15) is 20.3 Å². The molecule has 19 heavy (non-hydrogen) atoms. The largest absolute Gasteiger partial charge is 0.495 e.